The van der Waals surface area contributed by atoms with Crippen molar-refractivity contribution in [3.05, 3.63) is 78.4 Å². The fourth-order valence-corrected chi connectivity index (χ4v) is 5.66. The highest BCUT2D eigenvalue weighted by Gasteiger charge is 2.39. The lowest BCUT2D eigenvalue weighted by atomic mass is 9.80. The predicted molar refractivity (Wildman–Crippen MR) is 143 cm³/mol. The summed E-state index contributed by atoms with van der Waals surface area (Å²) in [7, 11) is 3.89. The number of hydrogen-bond donors (Lipinski definition) is 0. The lowest BCUT2D eigenvalue weighted by molar-refractivity contribution is 0.0912. The molecule has 188 valence electrons. The fraction of sp³-hybridized carbons (Fsp3) is 0.500. The summed E-state index contributed by atoms with van der Waals surface area (Å²) in [6, 6.07) is 19.2. The molecule has 1 aliphatic carbocycles. The van der Waals surface area contributed by atoms with Gasteiger partial charge in [-0.3, -0.25) is 4.90 Å². The molecule has 1 atom stereocenters. The lowest BCUT2D eigenvalue weighted by Crippen LogP contribution is -2.48. The van der Waals surface area contributed by atoms with Gasteiger partial charge in [-0.2, -0.15) is 0 Å². The van der Waals surface area contributed by atoms with Gasteiger partial charge in [0.1, 0.15) is 5.75 Å². The maximum Gasteiger partial charge on any atom is 0.320 e. The average Bonchev–Trinajstić information content (AvgIpc) is 2.92. The Balaban J connectivity index is 1.62. The number of carbonyl (C=O) groups excluding carboxylic acids is 1. The SMILES string of the molecule is C=CCN(C)[C@@]1(c2ccccc2)CCCN(Cc2ccc(OC)cc2)C(=O)N(CC2CCC2)CC1. The van der Waals surface area contributed by atoms with Gasteiger partial charge in [0, 0.05) is 38.3 Å². The molecule has 2 amide bonds. The van der Waals surface area contributed by atoms with E-state index >= 15 is 0 Å². The van der Waals surface area contributed by atoms with Gasteiger partial charge in [-0.1, -0.05) is 55.0 Å². The van der Waals surface area contributed by atoms with Crippen molar-refractivity contribution in [2.24, 2.45) is 5.92 Å². The predicted octanol–water partition coefficient (Wildman–Crippen LogP) is 5.92. The Morgan fingerprint density at radius 1 is 1.03 bits per heavy atom. The zero-order chi connectivity index (χ0) is 24.7. The maximum absolute atomic E-state index is 13.9. The van der Waals surface area contributed by atoms with E-state index < -0.39 is 0 Å². The van der Waals surface area contributed by atoms with Crippen molar-refractivity contribution in [1.29, 1.82) is 0 Å². The number of nitrogens with zero attached hydrogens (tertiary/aromatic N) is 3. The van der Waals surface area contributed by atoms with Crippen LogP contribution in [0.1, 0.15) is 49.7 Å². The summed E-state index contributed by atoms with van der Waals surface area (Å²) in [4.78, 5) is 20.6. The molecule has 5 heteroatoms. The molecular formula is C30H41N3O2. The topological polar surface area (TPSA) is 36.0 Å². The first-order chi connectivity index (χ1) is 17.1. The Bertz CT molecular complexity index is 957. The van der Waals surface area contributed by atoms with Gasteiger partial charge in [-0.05, 0) is 68.3 Å². The largest absolute Gasteiger partial charge is 0.497 e. The molecule has 0 spiro atoms. The number of methoxy groups -OCH3 is 1. The molecule has 1 heterocycles. The van der Waals surface area contributed by atoms with E-state index in [1.165, 1.54) is 24.8 Å². The van der Waals surface area contributed by atoms with E-state index in [9.17, 15) is 4.79 Å². The molecule has 0 bridgehead atoms. The molecule has 2 fully saturated rings. The summed E-state index contributed by atoms with van der Waals surface area (Å²) < 4.78 is 5.32. The van der Waals surface area contributed by atoms with Gasteiger partial charge in [0.25, 0.3) is 0 Å². The van der Waals surface area contributed by atoms with Crippen molar-refractivity contribution in [2.75, 3.05) is 40.3 Å². The molecule has 5 nitrogen and oxygen atoms in total. The Labute approximate surface area is 211 Å². The first-order valence-corrected chi connectivity index (χ1v) is 13.1. The van der Waals surface area contributed by atoms with Crippen LogP contribution in [-0.4, -0.2) is 61.1 Å². The van der Waals surface area contributed by atoms with Crippen molar-refractivity contribution >= 4 is 6.03 Å². The third-order valence-corrected chi connectivity index (χ3v) is 8.04. The summed E-state index contributed by atoms with van der Waals surface area (Å²) in [5.41, 5.74) is 2.35. The van der Waals surface area contributed by atoms with Crippen molar-refractivity contribution in [2.45, 2.75) is 50.6 Å². The van der Waals surface area contributed by atoms with Crippen molar-refractivity contribution in [1.82, 2.24) is 14.7 Å². The number of rotatable bonds is 9. The summed E-state index contributed by atoms with van der Waals surface area (Å²) in [5, 5.41) is 0. The van der Waals surface area contributed by atoms with Gasteiger partial charge in [0.05, 0.1) is 7.11 Å². The van der Waals surface area contributed by atoms with Crippen molar-refractivity contribution in [3.63, 3.8) is 0 Å². The van der Waals surface area contributed by atoms with Crippen molar-refractivity contribution in [3.8, 4) is 5.75 Å². The number of ether oxygens (including phenoxy) is 1. The van der Waals surface area contributed by atoms with Crippen LogP contribution in [-0.2, 0) is 12.1 Å². The third kappa shape index (κ3) is 5.90. The van der Waals surface area contributed by atoms with Crippen LogP contribution in [0.15, 0.2) is 67.3 Å². The van der Waals surface area contributed by atoms with E-state index in [1.54, 1.807) is 7.11 Å². The van der Waals surface area contributed by atoms with Gasteiger partial charge < -0.3 is 14.5 Å². The van der Waals surface area contributed by atoms with Crippen LogP contribution >= 0.6 is 0 Å². The second-order valence-corrected chi connectivity index (χ2v) is 10.2. The van der Waals surface area contributed by atoms with Gasteiger partial charge >= 0.3 is 6.03 Å². The van der Waals surface area contributed by atoms with Crippen LogP contribution < -0.4 is 4.74 Å². The van der Waals surface area contributed by atoms with E-state index in [0.29, 0.717) is 12.5 Å². The van der Waals surface area contributed by atoms with Crippen LogP contribution in [0, 0.1) is 5.92 Å². The molecule has 2 aliphatic rings. The van der Waals surface area contributed by atoms with Gasteiger partial charge in [-0.15, -0.1) is 6.58 Å². The first-order valence-electron chi connectivity index (χ1n) is 13.1. The zero-order valence-electron chi connectivity index (χ0n) is 21.5. The smallest absolute Gasteiger partial charge is 0.320 e. The van der Waals surface area contributed by atoms with Gasteiger partial charge in [-0.25, -0.2) is 4.79 Å². The molecule has 0 unspecified atom stereocenters. The number of urea groups is 1. The number of hydrogen-bond acceptors (Lipinski definition) is 3. The lowest BCUT2D eigenvalue weighted by Gasteiger charge is -2.43. The highest BCUT2D eigenvalue weighted by atomic mass is 16.5. The van der Waals surface area contributed by atoms with Gasteiger partial charge in [0.2, 0.25) is 0 Å². The Morgan fingerprint density at radius 3 is 2.40 bits per heavy atom. The molecule has 2 aromatic rings. The Hall–Kier alpha value is -2.79. The minimum absolute atomic E-state index is 0.121. The molecule has 1 saturated heterocycles. The Morgan fingerprint density at radius 2 is 1.77 bits per heavy atom. The number of likely N-dealkylation sites (N-methyl/N-ethyl adjacent to an activating group) is 1. The molecule has 35 heavy (non-hydrogen) atoms. The second-order valence-electron chi connectivity index (χ2n) is 10.2. The third-order valence-electron chi connectivity index (χ3n) is 8.04. The number of benzene rings is 2. The summed E-state index contributed by atoms with van der Waals surface area (Å²) in [6.07, 6.45) is 8.64. The molecule has 1 saturated carbocycles. The normalized spacial score (nSPS) is 21.7. The first kappa shape index (κ1) is 25.3. The standard InChI is InChI=1S/C30H41N3O2/c1-4-20-31(2)30(27-12-6-5-7-13-27)18-9-21-32(24-26-14-16-28(35-3)17-15-26)29(34)33(22-19-30)23-25-10-8-11-25/h4-7,12-17,25H,1,8-11,18-24H2,2-3H3/t30-/m0/s1. The summed E-state index contributed by atoms with van der Waals surface area (Å²) in [6.45, 7) is 7.85. The van der Waals surface area contributed by atoms with Crippen LogP contribution in [0.4, 0.5) is 4.79 Å². The summed E-state index contributed by atoms with van der Waals surface area (Å²) in [5.74, 6) is 1.48. The van der Waals surface area contributed by atoms with E-state index in [4.69, 9.17) is 4.74 Å². The number of carbonyl (C=O) groups is 1. The summed E-state index contributed by atoms with van der Waals surface area (Å²) >= 11 is 0. The quantitative estimate of drug-likeness (QED) is 0.423. The van der Waals surface area contributed by atoms with E-state index in [-0.39, 0.29) is 11.6 Å². The highest BCUT2D eigenvalue weighted by Crippen LogP contribution is 2.38. The minimum atomic E-state index is -0.121. The Kier molecular flexibility index (Phi) is 8.50. The average molecular weight is 476 g/mol. The molecule has 0 aromatic heterocycles. The van der Waals surface area contributed by atoms with Crippen molar-refractivity contribution < 1.29 is 9.53 Å². The van der Waals surface area contributed by atoms with E-state index in [2.05, 4.69) is 70.8 Å². The van der Waals surface area contributed by atoms with Crippen LogP contribution in [0.2, 0.25) is 0 Å². The van der Waals surface area contributed by atoms with E-state index in [1.807, 2.05) is 18.2 Å². The molecule has 0 radical (unpaired) electrons. The van der Waals surface area contributed by atoms with Gasteiger partial charge in [0.15, 0.2) is 0 Å². The molecule has 2 aromatic carbocycles. The maximum atomic E-state index is 13.9. The molecule has 4 rings (SSSR count). The molecule has 0 N–H and O–H groups in total. The molecule has 1 aliphatic heterocycles. The monoisotopic (exact) mass is 475 g/mol. The second kappa shape index (κ2) is 11.8. The fourth-order valence-electron chi connectivity index (χ4n) is 5.66. The zero-order valence-corrected chi connectivity index (χ0v) is 21.5. The highest BCUT2D eigenvalue weighted by molar-refractivity contribution is 5.74. The minimum Gasteiger partial charge on any atom is -0.497 e. The van der Waals surface area contributed by atoms with Crippen LogP contribution in [0.3, 0.4) is 0 Å². The van der Waals surface area contributed by atoms with E-state index in [0.717, 1.165) is 56.8 Å². The number of amides is 2. The molecular weight excluding hydrogens is 434 g/mol. The van der Waals surface area contributed by atoms with Crippen LogP contribution in [0.25, 0.3) is 0 Å². The van der Waals surface area contributed by atoms with Crippen LogP contribution in [0.5, 0.6) is 5.75 Å².